The van der Waals surface area contributed by atoms with E-state index in [9.17, 15) is 18.0 Å². The quantitative estimate of drug-likeness (QED) is 0.483. The summed E-state index contributed by atoms with van der Waals surface area (Å²) in [7, 11) is -3.90. The molecule has 0 unspecified atom stereocenters. The average Bonchev–Trinajstić information content (AvgIpc) is 3.25. The third-order valence-corrected chi connectivity index (χ3v) is 7.45. The fourth-order valence-corrected chi connectivity index (χ4v) is 5.24. The molecule has 0 spiro atoms. The summed E-state index contributed by atoms with van der Waals surface area (Å²) in [5.41, 5.74) is 0.130. The highest BCUT2D eigenvalue weighted by Gasteiger charge is 2.34. The van der Waals surface area contributed by atoms with Crippen molar-refractivity contribution in [3.63, 3.8) is 0 Å². The lowest BCUT2D eigenvalue weighted by molar-refractivity contribution is -0.141. The van der Waals surface area contributed by atoms with Crippen LogP contribution in [0.1, 0.15) is 39.7 Å². The molecule has 0 aliphatic carbocycles. The number of carbonyl (C=O) groups excluding carboxylic acids is 2. The first-order valence-electron chi connectivity index (χ1n) is 11.6. The Hall–Kier alpha value is -2.69. The van der Waals surface area contributed by atoms with Gasteiger partial charge < -0.3 is 19.7 Å². The summed E-state index contributed by atoms with van der Waals surface area (Å²) in [6.45, 7) is 6.64. The molecular weight excluding hydrogens is 541 g/mol. The van der Waals surface area contributed by atoms with Crippen LogP contribution in [0.15, 0.2) is 36.4 Å². The minimum atomic E-state index is -3.90. The molecule has 1 aliphatic rings. The summed E-state index contributed by atoms with van der Waals surface area (Å²) in [5.74, 6) is -0.131. The maximum Gasteiger partial charge on any atom is 0.244 e. The monoisotopic (exact) mass is 571 g/mol. The van der Waals surface area contributed by atoms with Crippen molar-refractivity contribution in [2.45, 2.75) is 52.2 Å². The van der Waals surface area contributed by atoms with Gasteiger partial charge in [-0.3, -0.25) is 13.9 Å². The second kappa shape index (κ2) is 11.4. The van der Waals surface area contributed by atoms with Crippen molar-refractivity contribution < 1.29 is 27.5 Å². The molecule has 37 heavy (non-hydrogen) atoms. The number of carbonyl (C=O) groups is 2. The molecule has 9 nitrogen and oxygen atoms in total. The highest BCUT2D eigenvalue weighted by molar-refractivity contribution is 7.92. The van der Waals surface area contributed by atoms with Crippen molar-refractivity contribution >= 4 is 50.7 Å². The van der Waals surface area contributed by atoms with E-state index in [4.69, 9.17) is 32.7 Å². The zero-order valence-electron chi connectivity index (χ0n) is 21.4. The maximum atomic E-state index is 13.8. The van der Waals surface area contributed by atoms with Crippen LogP contribution in [0.3, 0.4) is 0 Å². The molecule has 12 heteroatoms. The third kappa shape index (κ3) is 7.21. The van der Waals surface area contributed by atoms with Crippen LogP contribution in [-0.4, -0.2) is 56.3 Å². The third-order valence-electron chi connectivity index (χ3n) is 5.60. The number of amides is 2. The fraction of sp³-hybridized carbons (Fsp3) is 0.440. The minimum Gasteiger partial charge on any atom is -0.454 e. The van der Waals surface area contributed by atoms with Gasteiger partial charge in [-0.05, 0) is 51.5 Å². The van der Waals surface area contributed by atoms with Crippen LogP contribution >= 0.6 is 23.2 Å². The molecule has 0 saturated carbocycles. The van der Waals surface area contributed by atoms with Gasteiger partial charge in [0, 0.05) is 33.8 Å². The standard InChI is InChI=1S/C25H31Cl2N3O6S/c1-6-20(24(32)28-25(2,3)4)29(13-17-18(26)8-7-9-19(17)27)23(31)14-30(37(5,33)34)16-10-11-21-22(12-16)36-15-35-21/h7-12,20H,6,13-15H2,1-5H3,(H,28,32)/t20-/m0/s1. The Kier molecular flexibility index (Phi) is 8.87. The van der Waals surface area contributed by atoms with Gasteiger partial charge in [-0.1, -0.05) is 36.2 Å². The highest BCUT2D eigenvalue weighted by atomic mass is 35.5. The van der Waals surface area contributed by atoms with E-state index in [1.165, 1.54) is 17.0 Å². The van der Waals surface area contributed by atoms with Crippen LogP contribution in [0.2, 0.25) is 10.0 Å². The van der Waals surface area contributed by atoms with E-state index in [0.29, 0.717) is 27.1 Å². The van der Waals surface area contributed by atoms with Crippen molar-refractivity contribution in [2.24, 2.45) is 0 Å². The van der Waals surface area contributed by atoms with Crippen LogP contribution in [-0.2, 0) is 26.2 Å². The minimum absolute atomic E-state index is 0.0179. The number of anilines is 1. The summed E-state index contributed by atoms with van der Waals surface area (Å²) in [6, 6.07) is 8.64. The molecule has 0 radical (unpaired) electrons. The number of hydrogen-bond donors (Lipinski definition) is 1. The van der Waals surface area contributed by atoms with Gasteiger partial charge >= 0.3 is 0 Å². The number of nitrogens with zero attached hydrogens (tertiary/aromatic N) is 2. The van der Waals surface area contributed by atoms with Crippen molar-refractivity contribution in [1.82, 2.24) is 10.2 Å². The van der Waals surface area contributed by atoms with Crippen molar-refractivity contribution in [2.75, 3.05) is 23.9 Å². The Balaban J connectivity index is 2.01. The number of ether oxygens (including phenoxy) is 2. The molecule has 202 valence electrons. The van der Waals surface area contributed by atoms with Gasteiger partial charge in [0.05, 0.1) is 11.9 Å². The molecule has 2 aromatic carbocycles. The fourth-order valence-electron chi connectivity index (χ4n) is 3.88. The summed E-state index contributed by atoms with van der Waals surface area (Å²) >= 11 is 12.8. The smallest absolute Gasteiger partial charge is 0.244 e. The van der Waals surface area contributed by atoms with E-state index in [1.807, 2.05) is 20.8 Å². The number of fused-ring (bicyclic) bond motifs is 1. The first kappa shape index (κ1) is 28.9. The van der Waals surface area contributed by atoms with Crippen molar-refractivity contribution in [3.8, 4) is 11.5 Å². The number of benzene rings is 2. The lowest BCUT2D eigenvalue weighted by atomic mass is 10.1. The lowest BCUT2D eigenvalue weighted by Gasteiger charge is -2.34. The van der Waals surface area contributed by atoms with E-state index in [-0.39, 0.29) is 31.4 Å². The van der Waals surface area contributed by atoms with E-state index in [0.717, 1.165) is 10.6 Å². The van der Waals surface area contributed by atoms with Crippen LogP contribution < -0.4 is 19.1 Å². The zero-order chi connectivity index (χ0) is 27.5. The first-order chi connectivity index (χ1) is 17.2. The molecule has 0 bridgehead atoms. The second-order valence-electron chi connectivity index (χ2n) is 9.69. The Morgan fingerprint density at radius 1 is 1.08 bits per heavy atom. The topological polar surface area (TPSA) is 105 Å². The Morgan fingerprint density at radius 2 is 1.70 bits per heavy atom. The molecule has 0 fully saturated rings. The summed E-state index contributed by atoms with van der Waals surface area (Å²) in [4.78, 5) is 28.4. The summed E-state index contributed by atoms with van der Waals surface area (Å²) < 4.78 is 37.2. The average molecular weight is 573 g/mol. The van der Waals surface area contributed by atoms with Crippen molar-refractivity contribution in [1.29, 1.82) is 0 Å². The summed E-state index contributed by atoms with van der Waals surface area (Å²) in [5, 5.41) is 3.56. The van der Waals surface area contributed by atoms with Crippen molar-refractivity contribution in [3.05, 3.63) is 52.0 Å². The first-order valence-corrected chi connectivity index (χ1v) is 14.2. The molecular formula is C25H31Cl2N3O6S. The number of rotatable bonds is 9. The van der Waals surface area contributed by atoms with Gasteiger partial charge in [-0.2, -0.15) is 0 Å². The molecule has 1 atom stereocenters. The van der Waals surface area contributed by atoms with Gasteiger partial charge in [0.2, 0.25) is 28.6 Å². The number of sulfonamides is 1. The van der Waals surface area contributed by atoms with Crippen LogP contribution in [0.25, 0.3) is 0 Å². The Labute approximate surface area is 227 Å². The molecule has 0 aromatic heterocycles. The van der Waals surface area contributed by atoms with Crippen LogP contribution in [0.4, 0.5) is 5.69 Å². The molecule has 2 aromatic rings. The van der Waals surface area contributed by atoms with Gasteiger partial charge in [0.15, 0.2) is 11.5 Å². The number of hydrogen-bond acceptors (Lipinski definition) is 6. The van der Waals surface area contributed by atoms with Gasteiger partial charge in [-0.25, -0.2) is 8.42 Å². The van der Waals surface area contributed by atoms with Gasteiger partial charge in [0.1, 0.15) is 12.6 Å². The normalized spacial score (nSPS) is 13.7. The molecule has 3 rings (SSSR count). The van der Waals surface area contributed by atoms with Gasteiger partial charge in [0.25, 0.3) is 0 Å². The van der Waals surface area contributed by atoms with Gasteiger partial charge in [-0.15, -0.1) is 0 Å². The highest BCUT2D eigenvalue weighted by Crippen LogP contribution is 2.36. The largest absolute Gasteiger partial charge is 0.454 e. The van der Waals surface area contributed by atoms with Crippen LogP contribution in [0, 0.1) is 0 Å². The number of halogens is 2. The Morgan fingerprint density at radius 3 is 2.27 bits per heavy atom. The predicted molar refractivity (Wildman–Crippen MR) is 144 cm³/mol. The van der Waals surface area contributed by atoms with E-state index >= 15 is 0 Å². The zero-order valence-corrected chi connectivity index (χ0v) is 23.7. The predicted octanol–water partition coefficient (Wildman–Crippen LogP) is 4.21. The molecule has 0 saturated heterocycles. The molecule has 2 amide bonds. The molecule has 1 heterocycles. The second-order valence-corrected chi connectivity index (χ2v) is 12.4. The summed E-state index contributed by atoms with van der Waals surface area (Å²) in [6.07, 6.45) is 1.28. The lowest BCUT2D eigenvalue weighted by Crippen LogP contribution is -2.55. The number of nitrogens with one attached hydrogen (secondary N) is 1. The molecule has 1 N–H and O–H groups in total. The van der Waals surface area contributed by atoms with E-state index in [1.54, 1.807) is 31.2 Å². The SMILES string of the molecule is CC[C@@H](C(=O)NC(C)(C)C)N(Cc1c(Cl)cccc1Cl)C(=O)CN(c1ccc2c(c1)OCO2)S(C)(=O)=O. The Bertz CT molecular complexity index is 1260. The maximum absolute atomic E-state index is 13.8. The van der Waals surface area contributed by atoms with E-state index < -0.39 is 34.1 Å². The van der Waals surface area contributed by atoms with Crippen LogP contribution in [0.5, 0.6) is 11.5 Å². The molecule has 1 aliphatic heterocycles. The van der Waals surface area contributed by atoms with E-state index in [2.05, 4.69) is 5.32 Å².